The Hall–Kier alpha value is -1.54. The Kier molecular flexibility index (Phi) is 4.80. The van der Waals surface area contributed by atoms with Gasteiger partial charge in [0.05, 0.1) is 0 Å². The van der Waals surface area contributed by atoms with Crippen molar-refractivity contribution in [2.24, 2.45) is 0 Å². The summed E-state index contributed by atoms with van der Waals surface area (Å²) in [6, 6.07) is 3.51. The van der Waals surface area contributed by atoms with Crippen LogP contribution in [0.1, 0.15) is 23.1 Å². The zero-order valence-electron chi connectivity index (χ0n) is 10.2. The van der Waals surface area contributed by atoms with E-state index in [9.17, 15) is 4.79 Å². The molecule has 0 aromatic carbocycles. The lowest BCUT2D eigenvalue weighted by molar-refractivity contribution is 0.102. The number of nitrogens with zero attached hydrogens (tertiary/aromatic N) is 3. The Morgan fingerprint density at radius 1 is 1.42 bits per heavy atom. The third-order valence-corrected chi connectivity index (χ3v) is 3.46. The van der Waals surface area contributed by atoms with E-state index < -0.39 is 0 Å². The van der Waals surface area contributed by atoms with E-state index in [1.165, 1.54) is 11.3 Å². The highest BCUT2D eigenvalue weighted by atomic mass is 79.9. The number of aromatic nitrogens is 3. The molecule has 0 radical (unpaired) electrons. The molecule has 6 nitrogen and oxygen atoms in total. The summed E-state index contributed by atoms with van der Waals surface area (Å²) < 4.78 is 0.854. The lowest BCUT2D eigenvalue weighted by Crippen LogP contribution is -2.12. The molecular weight excluding hydrogens is 330 g/mol. The maximum atomic E-state index is 11.9. The molecule has 0 saturated carbocycles. The van der Waals surface area contributed by atoms with E-state index in [0.29, 0.717) is 16.0 Å². The molecule has 0 bridgehead atoms. The van der Waals surface area contributed by atoms with Gasteiger partial charge in [-0.25, -0.2) is 4.98 Å². The van der Waals surface area contributed by atoms with Gasteiger partial charge in [0.15, 0.2) is 0 Å². The molecule has 2 N–H and O–H groups in total. The van der Waals surface area contributed by atoms with Gasteiger partial charge in [-0.3, -0.25) is 4.79 Å². The first-order chi connectivity index (χ1) is 9.19. The van der Waals surface area contributed by atoms with Crippen molar-refractivity contribution in [2.75, 3.05) is 17.2 Å². The van der Waals surface area contributed by atoms with E-state index >= 15 is 0 Å². The molecule has 1 amide bonds. The van der Waals surface area contributed by atoms with Crippen LogP contribution in [-0.2, 0) is 0 Å². The number of amides is 1. The third kappa shape index (κ3) is 3.97. The summed E-state index contributed by atoms with van der Waals surface area (Å²) in [6.07, 6.45) is 2.61. The smallest absolute Gasteiger partial charge is 0.287 e. The first-order valence-corrected chi connectivity index (χ1v) is 7.30. The minimum absolute atomic E-state index is 0.308. The van der Waals surface area contributed by atoms with Gasteiger partial charge in [0.2, 0.25) is 10.1 Å². The fourth-order valence-corrected chi connectivity index (χ4v) is 2.14. The third-order valence-electron chi connectivity index (χ3n) is 2.11. The predicted molar refractivity (Wildman–Crippen MR) is 78.6 cm³/mol. The average molecular weight is 342 g/mol. The number of halogens is 1. The molecule has 0 unspecified atom stereocenters. The van der Waals surface area contributed by atoms with E-state index in [2.05, 4.69) is 48.7 Å². The number of carbonyl (C=O) groups excluding carboxylic acids is 1. The Labute approximate surface area is 122 Å². The number of hydrogen-bond acceptors (Lipinski definition) is 6. The van der Waals surface area contributed by atoms with Gasteiger partial charge in [0.1, 0.15) is 5.82 Å². The van der Waals surface area contributed by atoms with Crippen LogP contribution in [0.4, 0.5) is 10.9 Å². The van der Waals surface area contributed by atoms with Gasteiger partial charge < -0.3 is 10.6 Å². The fourth-order valence-electron chi connectivity index (χ4n) is 1.24. The summed E-state index contributed by atoms with van der Waals surface area (Å²) in [6.45, 7) is 2.87. The number of rotatable bonds is 5. The SMILES string of the molecule is CCCNc1nnc(C(=O)Nc2ccc(Br)cn2)s1. The first-order valence-electron chi connectivity index (χ1n) is 5.69. The van der Waals surface area contributed by atoms with Crippen LogP contribution in [0.2, 0.25) is 0 Å². The van der Waals surface area contributed by atoms with E-state index in [0.717, 1.165) is 17.4 Å². The molecule has 0 spiro atoms. The van der Waals surface area contributed by atoms with Gasteiger partial charge in [0, 0.05) is 17.2 Å². The zero-order valence-corrected chi connectivity index (χ0v) is 12.6. The molecule has 2 rings (SSSR count). The van der Waals surface area contributed by atoms with Crippen LogP contribution < -0.4 is 10.6 Å². The molecule has 2 heterocycles. The molecule has 2 aromatic heterocycles. The summed E-state index contributed by atoms with van der Waals surface area (Å²) in [5.41, 5.74) is 0. The lowest BCUT2D eigenvalue weighted by Gasteiger charge is -2.00. The highest BCUT2D eigenvalue weighted by molar-refractivity contribution is 9.10. The van der Waals surface area contributed by atoms with Crippen molar-refractivity contribution in [3.8, 4) is 0 Å². The molecule has 0 aliphatic carbocycles. The monoisotopic (exact) mass is 341 g/mol. The van der Waals surface area contributed by atoms with Crippen LogP contribution in [-0.4, -0.2) is 27.6 Å². The van der Waals surface area contributed by atoms with Crippen molar-refractivity contribution in [3.63, 3.8) is 0 Å². The second-order valence-electron chi connectivity index (χ2n) is 3.65. The van der Waals surface area contributed by atoms with Gasteiger partial charge in [-0.05, 0) is 34.5 Å². The van der Waals surface area contributed by atoms with Crippen molar-refractivity contribution >= 4 is 44.1 Å². The average Bonchev–Trinajstić information content (AvgIpc) is 2.88. The number of carbonyl (C=O) groups is 1. The molecular formula is C11H12BrN5OS. The first kappa shape index (κ1) is 13.9. The van der Waals surface area contributed by atoms with Gasteiger partial charge in [-0.2, -0.15) is 0 Å². The maximum absolute atomic E-state index is 11.9. The molecule has 0 fully saturated rings. The molecule has 0 aliphatic heterocycles. The minimum atomic E-state index is -0.308. The molecule has 0 saturated heterocycles. The second kappa shape index (κ2) is 6.58. The summed E-state index contributed by atoms with van der Waals surface area (Å²) in [5, 5.41) is 14.4. The summed E-state index contributed by atoms with van der Waals surface area (Å²) in [7, 11) is 0. The molecule has 8 heteroatoms. The van der Waals surface area contributed by atoms with Gasteiger partial charge >= 0.3 is 0 Å². The van der Waals surface area contributed by atoms with Gasteiger partial charge in [-0.1, -0.05) is 18.3 Å². The Morgan fingerprint density at radius 3 is 2.95 bits per heavy atom. The highest BCUT2D eigenvalue weighted by Gasteiger charge is 2.13. The maximum Gasteiger partial charge on any atom is 0.287 e. The van der Waals surface area contributed by atoms with Crippen LogP contribution in [0.3, 0.4) is 0 Å². The Morgan fingerprint density at radius 2 is 2.26 bits per heavy atom. The standard InChI is InChI=1S/C11H12BrN5OS/c1-2-5-13-11-17-16-10(19-11)9(18)15-8-4-3-7(12)6-14-8/h3-4,6H,2,5H2,1H3,(H,13,17)(H,14,15,18). The fraction of sp³-hybridized carbons (Fsp3) is 0.273. The van der Waals surface area contributed by atoms with Crippen molar-refractivity contribution in [3.05, 3.63) is 27.8 Å². The summed E-state index contributed by atoms with van der Waals surface area (Å²) in [4.78, 5) is 16.0. The molecule has 19 heavy (non-hydrogen) atoms. The number of nitrogens with one attached hydrogen (secondary N) is 2. The van der Waals surface area contributed by atoms with E-state index in [1.807, 2.05) is 0 Å². The molecule has 2 aromatic rings. The van der Waals surface area contributed by atoms with Crippen LogP contribution in [0.15, 0.2) is 22.8 Å². The van der Waals surface area contributed by atoms with Crippen LogP contribution in [0, 0.1) is 0 Å². The molecule has 0 atom stereocenters. The Balaban J connectivity index is 1.99. The van der Waals surface area contributed by atoms with E-state index in [-0.39, 0.29) is 5.91 Å². The molecule has 100 valence electrons. The predicted octanol–water partition coefficient (Wildman–Crippen LogP) is 2.77. The minimum Gasteiger partial charge on any atom is -0.360 e. The lowest BCUT2D eigenvalue weighted by atomic mass is 10.4. The number of anilines is 2. The van der Waals surface area contributed by atoms with E-state index in [4.69, 9.17) is 0 Å². The zero-order chi connectivity index (χ0) is 13.7. The van der Waals surface area contributed by atoms with Crippen molar-refractivity contribution in [1.29, 1.82) is 0 Å². The van der Waals surface area contributed by atoms with Crippen LogP contribution >= 0.6 is 27.3 Å². The van der Waals surface area contributed by atoms with Crippen molar-refractivity contribution in [2.45, 2.75) is 13.3 Å². The van der Waals surface area contributed by atoms with Crippen LogP contribution in [0.25, 0.3) is 0 Å². The number of pyridine rings is 1. The summed E-state index contributed by atoms with van der Waals surface area (Å²) >= 11 is 4.50. The topological polar surface area (TPSA) is 79.8 Å². The van der Waals surface area contributed by atoms with Crippen LogP contribution in [0.5, 0.6) is 0 Å². The largest absolute Gasteiger partial charge is 0.360 e. The normalized spacial score (nSPS) is 10.2. The van der Waals surface area contributed by atoms with Crippen molar-refractivity contribution in [1.82, 2.24) is 15.2 Å². The quantitative estimate of drug-likeness (QED) is 0.873. The molecule has 0 aliphatic rings. The summed E-state index contributed by atoms with van der Waals surface area (Å²) in [5.74, 6) is 0.170. The van der Waals surface area contributed by atoms with Gasteiger partial charge in [0.25, 0.3) is 5.91 Å². The Bertz CT molecular complexity index is 556. The van der Waals surface area contributed by atoms with Gasteiger partial charge in [-0.15, -0.1) is 10.2 Å². The second-order valence-corrected chi connectivity index (χ2v) is 5.55. The van der Waals surface area contributed by atoms with Crippen molar-refractivity contribution < 1.29 is 4.79 Å². The highest BCUT2D eigenvalue weighted by Crippen LogP contribution is 2.17. The number of hydrogen-bond donors (Lipinski definition) is 2. The van der Waals surface area contributed by atoms with E-state index in [1.54, 1.807) is 18.3 Å².